The van der Waals surface area contributed by atoms with E-state index in [1.807, 2.05) is 30.3 Å². The van der Waals surface area contributed by atoms with E-state index in [9.17, 15) is 4.79 Å². The van der Waals surface area contributed by atoms with Gasteiger partial charge >= 0.3 is 6.09 Å². The maximum atomic E-state index is 12.1. The fourth-order valence-electron chi connectivity index (χ4n) is 2.91. The zero-order valence-electron chi connectivity index (χ0n) is 13.3. The first-order chi connectivity index (χ1) is 10.7. The first kappa shape index (κ1) is 16.8. The number of aliphatic hydroxyl groups excluding tert-OH is 1. The summed E-state index contributed by atoms with van der Waals surface area (Å²) in [6.45, 7) is 2.79. The van der Waals surface area contributed by atoms with Crippen LogP contribution in [0.2, 0.25) is 0 Å². The SMILES string of the molecule is CN(CC1CCCCN1CCO)C(=O)OCc1ccccc1. The molecule has 0 saturated carbocycles. The number of rotatable bonds is 6. The highest BCUT2D eigenvalue weighted by atomic mass is 16.6. The van der Waals surface area contributed by atoms with Crippen molar-refractivity contribution in [3.05, 3.63) is 35.9 Å². The zero-order valence-corrected chi connectivity index (χ0v) is 13.3. The molecule has 0 radical (unpaired) electrons. The molecular formula is C17H26N2O3. The van der Waals surface area contributed by atoms with Gasteiger partial charge in [0.25, 0.3) is 0 Å². The van der Waals surface area contributed by atoms with Crippen molar-refractivity contribution >= 4 is 6.09 Å². The van der Waals surface area contributed by atoms with Gasteiger partial charge in [-0.05, 0) is 24.9 Å². The van der Waals surface area contributed by atoms with Gasteiger partial charge in [-0.15, -0.1) is 0 Å². The van der Waals surface area contributed by atoms with Gasteiger partial charge in [0, 0.05) is 26.2 Å². The summed E-state index contributed by atoms with van der Waals surface area (Å²) in [5, 5.41) is 9.14. The van der Waals surface area contributed by atoms with Gasteiger partial charge in [0.2, 0.25) is 0 Å². The van der Waals surface area contributed by atoms with Gasteiger partial charge in [0.15, 0.2) is 0 Å². The lowest BCUT2D eigenvalue weighted by atomic mass is 10.0. The van der Waals surface area contributed by atoms with Crippen LogP contribution in [-0.2, 0) is 11.3 Å². The Bertz CT molecular complexity index is 450. The van der Waals surface area contributed by atoms with Crippen LogP contribution in [0.5, 0.6) is 0 Å². The number of ether oxygens (including phenoxy) is 1. The molecule has 0 aliphatic carbocycles. The van der Waals surface area contributed by atoms with E-state index in [1.54, 1.807) is 11.9 Å². The van der Waals surface area contributed by atoms with Crippen molar-refractivity contribution in [1.29, 1.82) is 0 Å². The molecule has 1 aromatic carbocycles. The van der Waals surface area contributed by atoms with Gasteiger partial charge in [-0.1, -0.05) is 36.8 Å². The fraction of sp³-hybridized carbons (Fsp3) is 0.588. The topological polar surface area (TPSA) is 53.0 Å². The molecule has 1 aliphatic rings. The molecule has 2 rings (SSSR count). The van der Waals surface area contributed by atoms with Crippen molar-refractivity contribution in [2.75, 3.05) is 33.3 Å². The monoisotopic (exact) mass is 306 g/mol. The summed E-state index contributed by atoms with van der Waals surface area (Å²) in [6.07, 6.45) is 3.12. The molecule has 1 aromatic rings. The second-order valence-electron chi connectivity index (χ2n) is 5.83. The summed E-state index contributed by atoms with van der Waals surface area (Å²) in [7, 11) is 1.78. The van der Waals surface area contributed by atoms with Crippen LogP contribution >= 0.6 is 0 Å². The van der Waals surface area contributed by atoms with Crippen LogP contribution < -0.4 is 0 Å². The Hall–Kier alpha value is -1.59. The molecule has 122 valence electrons. The molecule has 1 unspecified atom stereocenters. The molecule has 1 heterocycles. The predicted octanol–water partition coefficient (Wildman–Crippen LogP) is 2.10. The molecule has 1 N–H and O–H groups in total. The number of β-amino-alcohol motifs (C(OH)–C–C–N with tert-alkyl or cyclic N) is 1. The van der Waals surface area contributed by atoms with Gasteiger partial charge in [0.05, 0.1) is 6.61 Å². The van der Waals surface area contributed by atoms with Crippen molar-refractivity contribution in [3.63, 3.8) is 0 Å². The van der Waals surface area contributed by atoms with Crippen LogP contribution in [0.25, 0.3) is 0 Å². The van der Waals surface area contributed by atoms with Crippen LogP contribution in [-0.4, -0.2) is 60.3 Å². The van der Waals surface area contributed by atoms with Crippen molar-refractivity contribution in [3.8, 4) is 0 Å². The minimum atomic E-state index is -0.293. The van der Waals surface area contributed by atoms with Gasteiger partial charge < -0.3 is 14.7 Å². The van der Waals surface area contributed by atoms with Crippen LogP contribution in [0.15, 0.2) is 30.3 Å². The number of carbonyl (C=O) groups excluding carboxylic acids is 1. The zero-order chi connectivity index (χ0) is 15.8. The normalized spacial score (nSPS) is 18.9. The summed E-state index contributed by atoms with van der Waals surface area (Å²) < 4.78 is 5.35. The summed E-state index contributed by atoms with van der Waals surface area (Å²) in [5.74, 6) is 0. The molecule has 1 saturated heterocycles. The Kier molecular flexibility index (Phi) is 6.68. The minimum absolute atomic E-state index is 0.165. The Morgan fingerprint density at radius 1 is 1.36 bits per heavy atom. The lowest BCUT2D eigenvalue weighted by Crippen LogP contribution is -2.48. The van der Waals surface area contributed by atoms with E-state index in [4.69, 9.17) is 9.84 Å². The number of benzene rings is 1. The number of amides is 1. The molecule has 0 bridgehead atoms. The molecule has 5 nitrogen and oxygen atoms in total. The van der Waals surface area contributed by atoms with E-state index >= 15 is 0 Å². The summed E-state index contributed by atoms with van der Waals surface area (Å²) in [5.41, 5.74) is 0.990. The summed E-state index contributed by atoms with van der Waals surface area (Å²) in [6, 6.07) is 10.0. The highest BCUT2D eigenvalue weighted by molar-refractivity contribution is 5.67. The quantitative estimate of drug-likeness (QED) is 0.874. The standard InChI is InChI=1S/C17H26N2O3/c1-18(13-16-9-5-6-10-19(16)11-12-20)17(21)22-14-15-7-3-2-4-8-15/h2-4,7-8,16,20H,5-6,9-14H2,1H3. The van der Waals surface area contributed by atoms with Crippen molar-refractivity contribution in [1.82, 2.24) is 9.80 Å². The highest BCUT2D eigenvalue weighted by Gasteiger charge is 2.25. The average molecular weight is 306 g/mol. The molecule has 0 spiro atoms. The van der Waals surface area contributed by atoms with Gasteiger partial charge in [-0.25, -0.2) is 4.79 Å². The van der Waals surface area contributed by atoms with Crippen LogP contribution in [0.1, 0.15) is 24.8 Å². The molecule has 0 aromatic heterocycles. The largest absolute Gasteiger partial charge is 0.445 e. The minimum Gasteiger partial charge on any atom is -0.445 e. The van der Waals surface area contributed by atoms with E-state index in [-0.39, 0.29) is 12.7 Å². The van der Waals surface area contributed by atoms with Crippen molar-refractivity contribution < 1.29 is 14.6 Å². The number of carbonyl (C=O) groups is 1. The van der Waals surface area contributed by atoms with E-state index in [0.29, 0.717) is 25.7 Å². The van der Waals surface area contributed by atoms with Gasteiger partial charge in [0.1, 0.15) is 6.61 Å². The third-order valence-corrected chi connectivity index (χ3v) is 4.14. The Morgan fingerprint density at radius 2 is 2.14 bits per heavy atom. The molecule has 1 aliphatic heterocycles. The van der Waals surface area contributed by atoms with E-state index in [1.165, 1.54) is 12.8 Å². The number of hydrogen-bond donors (Lipinski definition) is 1. The van der Waals surface area contributed by atoms with Crippen molar-refractivity contribution in [2.45, 2.75) is 31.9 Å². The van der Waals surface area contributed by atoms with Crippen LogP contribution in [0, 0.1) is 0 Å². The second-order valence-corrected chi connectivity index (χ2v) is 5.83. The van der Waals surface area contributed by atoms with Gasteiger partial charge in [-0.2, -0.15) is 0 Å². The number of likely N-dealkylation sites (N-methyl/N-ethyl adjacent to an activating group) is 1. The molecule has 1 atom stereocenters. The number of aliphatic hydroxyl groups is 1. The molecular weight excluding hydrogens is 280 g/mol. The Balaban J connectivity index is 1.79. The maximum Gasteiger partial charge on any atom is 0.409 e. The predicted molar refractivity (Wildman–Crippen MR) is 85.6 cm³/mol. The third-order valence-electron chi connectivity index (χ3n) is 4.14. The lowest BCUT2D eigenvalue weighted by molar-refractivity contribution is 0.0707. The molecule has 1 fully saturated rings. The molecule has 5 heteroatoms. The van der Waals surface area contributed by atoms with E-state index in [0.717, 1.165) is 18.5 Å². The number of likely N-dealkylation sites (tertiary alicyclic amines) is 1. The molecule has 1 amide bonds. The number of hydrogen-bond acceptors (Lipinski definition) is 4. The Labute approximate surface area is 132 Å². The third kappa shape index (κ3) is 5.00. The second kappa shape index (κ2) is 8.76. The van der Waals surface area contributed by atoms with Crippen LogP contribution in [0.4, 0.5) is 4.79 Å². The number of nitrogens with zero attached hydrogens (tertiary/aromatic N) is 2. The van der Waals surface area contributed by atoms with Crippen LogP contribution in [0.3, 0.4) is 0 Å². The Morgan fingerprint density at radius 3 is 2.86 bits per heavy atom. The average Bonchev–Trinajstić information content (AvgIpc) is 2.55. The summed E-state index contributed by atoms with van der Waals surface area (Å²) in [4.78, 5) is 16.0. The fourth-order valence-corrected chi connectivity index (χ4v) is 2.91. The lowest BCUT2D eigenvalue weighted by Gasteiger charge is -2.37. The molecule has 22 heavy (non-hydrogen) atoms. The smallest absolute Gasteiger partial charge is 0.409 e. The first-order valence-electron chi connectivity index (χ1n) is 7.97. The summed E-state index contributed by atoms with van der Waals surface area (Å²) >= 11 is 0. The van der Waals surface area contributed by atoms with E-state index < -0.39 is 0 Å². The first-order valence-corrected chi connectivity index (χ1v) is 7.97. The van der Waals surface area contributed by atoms with E-state index in [2.05, 4.69) is 4.90 Å². The van der Waals surface area contributed by atoms with Gasteiger partial charge in [-0.3, -0.25) is 4.90 Å². The van der Waals surface area contributed by atoms with Crippen molar-refractivity contribution in [2.24, 2.45) is 0 Å². The highest BCUT2D eigenvalue weighted by Crippen LogP contribution is 2.17. The maximum absolute atomic E-state index is 12.1. The number of piperidine rings is 1.